The van der Waals surface area contributed by atoms with E-state index in [0.29, 0.717) is 11.5 Å². The fourth-order valence-electron chi connectivity index (χ4n) is 3.00. The zero-order chi connectivity index (χ0) is 10.7. The van der Waals surface area contributed by atoms with E-state index in [1.165, 1.54) is 37.7 Å². The lowest BCUT2D eigenvalue weighted by molar-refractivity contribution is 0.150. The van der Waals surface area contributed by atoms with Gasteiger partial charge in [0.2, 0.25) is 0 Å². The van der Waals surface area contributed by atoms with E-state index in [1.807, 2.05) is 0 Å². The van der Waals surface area contributed by atoms with Crippen molar-refractivity contribution in [2.45, 2.75) is 45.1 Å². The molecule has 1 fully saturated rings. The maximum absolute atomic E-state index is 3.52. The van der Waals surface area contributed by atoms with Crippen molar-refractivity contribution in [1.82, 2.24) is 5.32 Å². The van der Waals surface area contributed by atoms with Gasteiger partial charge in [0.05, 0.1) is 0 Å². The maximum atomic E-state index is 3.52. The molecule has 1 atom stereocenters. The van der Waals surface area contributed by atoms with Gasteiger partial charge in [-0.15, -0.1) is 0 Å². The van der Waals surface area contributed by atoms with Gasteiger partial charge >= 0.3 is 0 Å². The highest BCUT2D eigenvalue weighted by molar-refractivity contribution is 7.07. The van der Waals surface area contributed by atoms with Crippen LogP contribution in [0.2, 0.25) is 0 Å². The van der Waals surface area contributed by atoms with Crippen LogP contribution in [-0.2, 0) is 0 Å². The quantitative estimate of drug-likeness (QED) is 0.817. The van der Waals surface area contributed by atoms with Gasteiger partial charge in [0.15, 0.2) is 0 Å². The summed E-state index contributed by atoms with van der Waals surface area (Å²) >= 11 is 1.81. The standard InChI is InChI=1S/C13H21NS/c1-13(7-4-3-5-8-13)12(14-2)11-6-9-15-10-11/h6,9-10,12,14H,3-5,7-8H2,1-2H3. The monoisotopic (exact) mass is 223 g/mol. The predicted octanol–water partition coefficient (Wildman–Crippen LogP) is 3.98. The number of hydrogen-bond donors (Lipinski definition) is 1. The van der Waals surface area contributed by atoms with Crippen LogP contribution in [0, 0.1) is 5.41 Å². The van der Waals surface area contributed by atoms with Gasteiger partial charge in [0.25, 0.3) is 0 Å². The summed E-state index contributed by atoms with van der Waals surface area (Å²) in [7, 11) is 2.10. The van der Waals surface area contributed by atoms with Gasteiger partial charge in [0.1, 0.15) is 0 Å². The summed E-state index contributed by atoms with van der Waals surface area (Å²) in [5.41, 5.74) is 1.94. The van der Waals surface area contributed by atoms with E-state index in [2.05, 4.69) is 36.1 Å². The van der Waals surface area contributed by atoms with Crippen LogP contribution in [0.15, 0.2) is 16.8 Å². The molecule has 0 aliphatic heterocycles. The largest absolute Gasteiger partial charge is 0.313 e. The Morgan fingerprint density at radius 2 is 2.07 bits per heavy atom. The normalized spacial score (nSPS) is 22.5. The van der Waals surface area contributed by atoms with Gasteiger partial charge in [0, 0.05) is 6.04 Å². The van der Waals surface area contributed by atoms with E-state index in [0.717, 1.165) is 0 Å². The third kappa shape index (κ3) is 2.26. The molecular weight excluding hydrogens is 202 g/mol. The molecule has 1 nitrogen and oxygen atoms in total. The third-order valence-corrected chi connectivity index (χ3v) is 4.56. The summed E-state index contributed by atoms with van der Waals surface area (Å²) in [5, 5.41) is 8.00. The van der Waals surface area contributed by atoms with Gasteiger partial charge in [-0.3, -0.25) is 0 Å². The summed E-state index contributed by atoms with van der Waals surface area (Å²) in [6.07, 6.45) is 6.97. The first-order chi connectivity index (χ1) is 7.26. The average molecular weight is 223 g/mol. The predicted molar refractivity (Wildman–Crippen MR) is 67.3 cm³/mol. The molecule has 1 aliphatic rings. The van der Waals surface area contributed by atoms with Gasteiger partial charge in [-0.05, 0) is 47.7 Å². The van der Waals surface area contributed by atoms with Crippen LogP contribution in [-0.4, -0.2) is 7.05 Å². The molecule has 0 amide bonds. The van der Waals surface area contributed by atoms with Gasteiger partial charge in [-0.2, -0.15) is 11.3 Å². The second kappa shape index (κ2) is 4.67. The summed E-state index contributed by atoms with van der Waals surface area (Å²) < 4.78 is 0. The van der Waals surface area contributed by atoms with Crippen molar-refractivity contribution >= 4 is 11.3 Å². The Kier molecular flexibility index (Phi) is 3.47. The minimum Gasteiger partial charge on any atom is -0.313 e. The summed E-state index contributed by atoms with van der Waals surface area (Å²) in [6.45, 7) is 2.45. The van der Waals surface area contributed by atoms with Gasteiger partial charge < -0.3 is 5.32 Å². The van der Waals surface area contributed by atoms with E-state index in [-0.39, 0.29) is 0 Å². The Morgan fingerprint density at radius 1 is 1.33 bits per heavy atom. The second-order valence-electron chi connectivity index (χ2n) is 4.99. The van der Waals surface area contributed by atoms with Crippen LogP contribution in [0.3, 0.4) is 0 Å². The highest BCUT2D eigenvalue weighted by Crippen LogP contribution is 2.45. The van der Waals surface area contributed by atoms with Crippen molar-refractivity contribution in [2.24, 2.45) is 5.41 Å². The molecule has 84 valence electrons. The summed E-state index contributed by atoms with van der Waals surface area (Å²) in [6, 6.07) is 2.81. The van der Waals surface area contributed by atoms with E-state index in [1.54, 1.807) is 11.3 Å². The van der Waals surface area contributed by atoms with E-state index >= 15 is 0 Å². The molecule has 1 aromatic heterocycles. The topological polar surface area (TPSA) is 12.0 Å². The second-order valence-corrected chi connectivity index (χ2v) is 5.77. The minimum absolute atomic E-state index is 0.466. The molecule has 2 rings (SSSR count). The van der Waals surface area contributed by atoms with Crippen LogP contribution < -0.4 is 5.32 Å². The molecule has 15 heavy (non-hydrogen) atoms. The number of nitrogens with one attached hydrogen (secondary N) is 1. The van der Waals surface area contributed by atoms with Crippen molar-refractivity contribution in [3.05, 3.63) is 22.4 Å². The Balaban J connectivity index is 2.18. The zero-order valence-electron chi connectivity index (χ0n) is 9.75. The molecule has 1 aliphatic carbocycles. The molecule has 0 aromatic carbocycles. The van der Waals surface area contributed by atoms with Crippen molar-refractivity contribution in [2.75, 3.05) is 7.05 Å². The van der Waals surface area contributed by atoms with Crippen LogP contribution in [0.1, 0.15) is 50.6 Å². The van der Waals surface area contributed by atoms with Crippen LogP contribution >= 0.6 is 11.3 Å². The van der Waals surface area contributed by atoms with Crippen molar-refractivity contribution in [1.29, 1.82) is 0 Å². The molecule has 1 aromatic rings. The first kappa shape index (κ1) is 11.2. The van der Waals surface area contributed by atoms with Crippen molar-refractivity contribution in [3.8, 4) is 0 Å². The van der Waals surface area contributed by atoms with Gasteiger partial charge in [-0.1, -0.05) is 26.2 Å². The molecule has 1 saturated carbocycles. The molecule has 0 saturated heterocycles. The molecule has 0 radical (unpaired) electrons. The van der Waals surface area contributed by atoms with Crippen LogP contribution in [0.4, 0.5) is 0 Å². The van der Waals surface area contributed by atoms with Gasteiger partial charge in [-0.25, -0.2) is 0 Å². The van der Waals surface area contributed by atoms with E-state index in [9.17, 15) is 0 Å². The molecule has 1 N–H and O–H groups in total. The maximum Gasteiger partial charge on any atom is 0.0380 e. The molecule has 0 spiro atoms. The minimum atomic E-state index is 0.466. The van der Waals surface area contributed by atoms with Crippen LogP contribution in [0.5, 0.6) is 0 Å². The van der Waals surface area contributed by atoms with Crippen molar-refractivity contribution in [3.63, 3.8) is 0 Å². The lowest BCUT2D eigenvalue weighted by Gasteiger charge is -2.40. The molecule has 1 heterocycles. The lowest BCUT2D eigenvalue weighted by atomic mass is 9.69. The lowest BCUT2D eigenvalue weighted by Crippen LogP contribution is -2.35. The summed E-state index contributed by atoms with van der Waals surface area (Å²) in [4.78, 5) is 0. The van der Waals surface area contributed by atoms with E-state index < -0.39 is 0 Å². The Hall–Kier alpha value is -0.340. The highest BCUT2D eigenvalue weighted by Gasteiger charge is 2.35. The molecule has 0 bridgehead atoms. The smallest absolute Gasteiger partial charge is 0.0380 e. The Morgan fingerprint density at radius 3 is 2.60 bits per heavy atom. The number of hydrogen-bond acceptors (Lipinski definition) is 2. The highest BCUT2D eigenvalue weighted by atomic mass is 32.1. The number of rotatable bonds is 3. The Bertz CT molecular complexity index is 285. The SMILES string of the molecule is CNC(c1ccsc1)C1(C)CCCCC1. The fourth-order valence-corrected chi connectivity index (χ4v) is 3.69. The fraction of sp³-hybridized carbons (Fsp3) is 0.692. The molecule has 1 unspecified atom stereocenters. The molecular formula is C13H21NS. The third-order valence-electron chi connectivity index (χ3n) is 3.86. The first-order valence-corrected chi connectivity index (χ1v) is 6.90. The van der Waals surface area contributed by atoms with E-state index in [4.69, 9.17) is 0 Å². The number of thiophene rings is 1. The van der Waals surface area contributed by atoms with Crippen molar-refractivity contribution < 1.29 is 0 Å². The molecule has 2 heteroatoms. The first-order valence-electron chi connectivity index (χ1n) is 5.96. The average Bonchev–Trinajstić information content (AvgIpc) is 2.73. The van der Waals surface area contributed by atoms with Crippen LogP contribution in [0.25, 0.3) is 0 Å². The summed E-state index contributed by atoms with van der Waals surface area (Å²) in [5.74, 6) is 0. The zero-order valence-corrected chi connectivity index (χ0v) is 10.6. The Labute approximate surface area is 96.9 Å².